The summed E-state index contributed by atoms with van der Waals surface area (Å²) in [6, 6.07) is 5.67. The third-order valence-electron chi connectivity index (χ3n) is 8.91. The molecule has 59 heavy (non-hydrogen) atoms. The number of halogens is 7. The van der Waals surface area contributed by atoms with Crippen molar-refractivity contribution >= 4 is 40.7 Å². The van der Waals surface area contributed by atoms with E-state index in [-0.39, 0.29) is 46.4 Å². The van der Waals surface area contributed by atoms with E-state index in [1.165, 1.54) is 35.9 Å². The molecule has 21 heteroatoms. The first-order valence-electron chi connectivity index (χ1n) is 18.2. The number of aromatic nitrogens is 5. The number of carbonyl (C=O) groups is 2. The van der Waals surface area contributed by atoms with Gasteiger partial charge in [-0.15, -0.1) is 0 Å². The number of imidazole rings is 2. The zero-order valence-electron chi connectivity index (χ0n) is 31.6. The zero-order valence-corrected chi connectivity index (χ0v) is 31.6. The van der Waals surface area contributed by atoms with Crippen molar-refractivity contribution in [3.63, 3.8) is 0 Å². The first kappa shape index (κ1) is 42.4. The van der Waals surface area contributed by atoms with Gasteiger partial charge in [0.05, 0.1) is 11.8 Å². The predicted octanol–water partition coefficient (Wildman–Crippen LogP) is 7.57. The van der Waals surface area contributed by atoms with Crippen LogP contribution in [0.3, 0.4) is 0 Å². The molecule has 0 spiro atoms. The second-order valence-electron chi connectivity index (χ2n) is 13.8. The van der Waals surface area contributed by atoms with Crippen LogP contribution in [-0.4, -0.2) is 73.8 Å². The number of rotatable bonds is 14. The van der Waals surface area contributed by atoms with Crippen LogP contribution in [0.4, 0.5) is 42.1 Å². The van der Waals surface area contributed by atoms with Gasteiger partial charge in [0.15, 0.2) is 0 Å². The number of amides is 2. The monoisotopic (exact) mass is 833 g/mol. The number of alkyl halides is 7. The van der Waals surface area contributed by atoms with E-state index in [0.717, 1.165) is 30.1 Å². The molecule has 1 aliphatic heterocycles. The van der Waals surface area contributed by atoms with Gasteiger partial charge in [0, 0.05) is 74.3 Å². The average Bonchev–Trinajstić information content (AvgIpc) is 3.80. The van der Waals surface area contributed by atoms with Gasteiger partial charge >= 0.3 is 12.7 Å². The van der Waals surface area contributed by atoms with E-state index in [1.54, 1.807) is 24.4 Å². The molecule has 0 bridgehead atoms. The number of carbonyl (C=O) groups excluding carboxylic acids is 2. The van der Waals surface area contributed by atoms with E-state index >= 15 is 0 Å². The maximum atomic E-state index is 13.6. The fourth-order valence-corrected chi connectivity index (χ4v) is 6.19. The number of fused-ring (bicyclic) bond motifs is 2. The summed E-state index contributed by atoms with van der Waals surface area (Å²) in [6.07, 6.45) is -1.76. The summed E-state index contributed by atoms with van der Waals surface area (Å²) >= 11 is 0. The molecule has 5 aromatic rings. The maximum absolute atomic E-state index is 13.6. The largest absolute Gasteiger partial charge is 0.489 e. The highest BCUT2D eigenvalue weighted by molar-refractivity contribution is 6.07. The predicted molar refractivity (Wildman–Crippen MR) is 200 cm³/mol. The van der Waals surface area contributed by atoms with E-state index in [1.807, 2.05) is 0 Å². The van der Waals surface area contributed by atoms with Crippen molar-refractivity contribution in [1.82, 2.24) is 23.8 Å². The molecular weight excluding hydrogens is 795 g/mol. The van der Waals surface area contributed by atoms with Crippen molar-refractivity contribution in [3.05, 3.63) is 89.2 Å². The fraction of sp³-hybridized carbons (Fsp3) is 0.368. The topological polar surface area (TPSA) is 172 Å². The Hall–Kier alpha value is -6.25. The molecule has 5 aromatic heterocycles. The molecule has 4 N–H and O–H groups in total. The number of nitrogens with one attached hydrogen (secondary N) is 2. The normalized spacial score (nSPS) is 15.1. The van der Waals surface area contributed by atoms with E-state index < -0.39 is 66.0 Å². The van der Waals surface area contributed by atoms with Gasteiger partial charge in [-0.25, -0.2) is 28.7 Å². The number of nitrogens with two attached hydrogens (primary N) is 1. The number of anilines is 2. The molecule has 0 saturated carbocycles. The highest BCUT2D eigenvalue weighted by atomic mass is 19.4. The molecule has 6 heterocycles. The molecule has 1 saturated heterocycles. The van der Waals surface area contributed by atoms with Crippen molar-refractivity contribution in [2.45, 2.75) is 77.3 Å². The van der Waals surface area contributed by atoms with Crippen LogP contribution < -0.4 is 25.8 Å². The van der Waals surface area contributed by atoms with Crippen molar-refractivity contribution < 1.29 is 54.5 Å². The summed E-state index contributed by atoms with van der Waals surface area (Å²) in [4.78, 5) is 42.0. The number of ether oxygens (including phenoxy) is 3. The Morgan fingerprint density at radius 3 is 2.22 bits per heavy atom. The highest BCUT2D eigenvalue weighted by Crippen LogP contribution is 2.34. The summed E-state index contributed by atoms with van der Waals surface area (Å²) in [6.45, 7) is 2.78. The van der Waals surface area contributed by atoms with Gasteiger partial charge in [0.25, 0.3) is 18.2 Å². The van der Waals surface area contributed by atoms with E-state index in [4.69, 9.17) is 24.9 Å². The lowest BCUT2D eigenvalue weighted by Gasteiger charge is -2.20. The van der Waals surface area contributed by atoms with Crippen LogP contribution >= 0.6 is 0 Å². The molecule has 1 fully saturated rings. The molecule has 1 atom stereocenters. The van der Waals surface area contributed by atoms with Gasteiger partial charge in [0.1, 0.15) is 63.1 Å². The Morgan fingerprint density at radius 1 is 0.932 bits per heavy atom. The van der Waals surface area contributed by atoms with Crippen molar-refractivity contribution in [3.8, 4) is 11.5 Å². The smallest absolute Gasteiger partial charge is 0.433 e. The second kappa shape index (κ2) is 17.7. The lowest BCUT2D eigenvalue weighted by molar-refractivity contribution is -0.141. The number of pyridine rings is 3. The molecule has 2 amide bonds. The molecule has 314 valence electrons. The Labute approximate surface area is 331 Å². The molecule has 0 radical (unpaired) electrons. The second-order valence-corrected chi connectivity index (χ2v) is 13.8. The molecule has 14 nitrogen and oxygen atoms in total. The summed E-state index contributed by atoms with van der Waals surface area (Å²) in [7, 11) is 0. The highest BCUT2D eigenvalue weighted by Gasteiger charge is 2.33. The van der Waals surface area contributed by atoms with Crippen LogP contribution in [0.2, 0.25) is 0 Å². The molecule has 1 aliphatic rings. The molecule has 6 rings (SSSR count). The van der Waals surface area contributed by atoms with Crippen LogP contribution in [0, 0.1) is 0 Å². The molecular formula is C38H38F7N9O5. The van der Waals surface area contributed by atoms with Crippen molar-refractivity contribution in [1.29, 1.82) is 0 Å². The molecule has 0 aromatic carbocycles. The van der Waals surface area contributed by atoms with Gasteiger partial charge < -0.3 is 39.4 Å². The molecule has 0 aliphatic carbocycles. The Bertz CT molecular complexity index is 2390. The van der Waals surface area contributed by atoms with Crippen molar-refractivity contribution in [2.24, 2.45) is 10.7 Å². The van der Waals surface area contributed by atoms with Gasteiger partial charge in [-0.1, -0.05) is 6.07 Å². The zero-order chi connectivity index (χ0) is 42.6. The minimum atomic E-state index is -4.81. The maximum Gasteiger partial charge on any atom is 0.433 e. The van der Waals surface area contributed by atoms with Crippen molar-refractivity contribution in [2.75, 3.05) is 23.8 Å². The summed E-state index contributed by atoms with van der Waals surface area (Å²) in [5, 5.41) is 5.07. The SMILES string of the molecule is CC(C)Oc1cc2nc(C(F)F)cn2cc1NC(=O)C(N)=C(C=NC(F)F)CC(C)Oc1cc2nc(C3CCOCC3)cn2cc1NC(=O)c1cccc(C(F)(F)F)n1. The Balaban J connectivity index is 1.31. The summed E-state index contributed by atoms with van der Waals surface area (Å²) in [5.74, 6) is -1.88. The van der Waals surface area contributed by atoms with E-state index in [2.05, 4.69) is 25.6 Å². The minimum Gasteiger partial charge on any atom is -0.489 e. The van der Waals surface area contributed by atoms with E-state index in [0.29, 0.717) is 37.9 Å². The number of hydrogen-bond acceptors (Lipinski definition) is 10. The Kier molecular flexibility index (Phi) is 12.7. The van der Waals surface area contributed by atoms with Gasteiger partial charge in [-0.05, 0) is 45.7 Å². The summed E-state index contributed by atoms with van der Waals surface area (Å²) < 4.78 is 114. The van der Waals surface area contributed by atoms with Crippen LogP contribution in [-0.2, 0) is 15.7 Å². The Morgan fingerprint density at radius 2 is 1.58 bits per heavy atom. The third-order valence-corrected chi connectivity index (χ3v) is 8.91. The number of nitrogens with zero attached hydrogens (tertiary/aromatic N) is 6. The first-order chi connectivity index (χ1) is 27.9. The lowest BCUT2D eigenvalue weighted by atomic mass is 9.97. The van der Waals surface area contributed by atoms with Gasteiger partial charge in [-0.2, -0.15) is 22.0 Å². The van der Waals surface area contributed by atoms with Crippen LogP contribution in [0.15, 0.2) is 71.4 Å². The first-order valence-corrected chi connectivity index (χ1v) is 18.2. The minimum absolute atomic E-state index is 0.00409. The fourth-order valence-electron chi connectivity index (χ4n) is 6.19. The van der Waals surface area contributed by atoms with Gasteiger partial charge in [-0.3, -0.25) is 9.59 Å². The molecule has 1 unspecified atom stereocenters. The standard InChI is InChI=1S/C38H38F7N9O5/c1-19(2)58-28-12-32-50-27(34(39)40)18-54(32)16-25(28)52-36(56)33(46)22(14-47-37(41)42)11-20(3)59-29-13-31-49-24(21-7-9-57-10-8-21)15-53(31)17-26(29)51-35(55)23-5-4-6-30(48-23)38(43,44)45/h4-6,12-21,34,37H,7-11,46H2,1-3H3,(H,51,55)(H,52,56). The van der Waals surface area contributed by atoms with Crippen LogP contribution in [0.5, 0.6) is 11.5 Å². The lowest BCUT2D eigenvalue weighted by Crippen LogP contribution is -2.25. The van der Waals surface area contributed by atoms with E-state index in [9.17, 15) is 40.3 Å². The average molecular weight is 834 g/mol. The summed E-state index contributed by atoms with van der Waals surface area (Å²) in [5.41, 5.74) is 4.34. The van der Waals surface area contributed by atoms with Gasteiger partial charge in [0.2, 0.25) is 0 Å². The number of hydrogen-bond donors (Lipinski definition) is 3. The van der Waals surface area contributed by atoms with Crippen LogP contribution in [0.25, 0.3) is 11.3 Å². The quantitative estimate of drug-likeness (QED) is 0.0442. The third kappa shape index (κ3) is 10.4. The number of aliphatic imine (C=N–C) groups is 1. The van der Waals surface area contributed by atoms with Crippen LogP contribution in [0.1, 0.15) is 79.9 Å².